The number of rotatable bonds is 5. The first-order chi connectivity index (χ1) is 13.9. The van der Waals surface area contributed by atoms with E-state index >= 15 is 0 Å². The summed E-state index contributed by atoms with van der Waals surface area (Å²) in [6, 6.07) is 5.23. The molecule has 1 aliphatic carbocycles. The number of halogens is 1. The summed E-state index contributed by atoms with van der Waals surface area (Å²) >= 11 is 4.89. The second-order valence-electron chi connectivity index (χ2n) is 8.56. The molecule has 0 bridgehead atoms. The molecule has 1 saturated carbocycles. The summed E-state index contributed by atoms with van der Waals surface area (Å²) in [5.41, 5.74) is 0.0276. The average Bonchev–Trinajstić information content (AvgIpc) is 3.09. The minimum absolute atomic E-state index is 0.00938. The van der Waals surface area contributed by atoms with Crippen LogP contribution in [0.25, 0.3) is 10.4 Å². The summed E-state index contributed by atoms with van der Waals surface area (Å²) in [5.74, 6) is 0.263. The Labute approximate surface area is 189 Å². The third-order valence-corrected chi connectivity index (χ3v) is 8.35. The number of carboxylic acid groups (broad SMARTS) is 1. The molecule has 3 N–H and O–H groups in total. The monoisotopic (exact) mass is 515 g/mol. The Morgan fingerprint density at radius 3 is 2.50 bits per heavy atom. The maximum atomic E-state index is 13.0. The fraction of sp³-hybridized carbons (Fsp3) is 0.500. The number of aromatic nitrogens is 1. The first-order valence-corrected chi connectivity index (χ1v) is 12.8. The van der Waals surface area contributed by atoms with Gasteiger partial charge in [-0.2, -0.15) is 0 Å². The van der Waals surface area contributed by atoms with Gasteiger partial charge in [-0.3, -0.25) is 0 Å². The molecule has 164 valence electrons. The Hall–Kier alpha value is -1.49. The first-order valence-electron chi connectivity index (χ1n) is 9.74. The molecule has 0 saturated heterocycles. The van der Waals surface area contributed by atoms with E-state index < -0.39 is 21.7 Å². The van der Waals surface area contributed by atoms with Crippen molar-refractivity contribution in [1.82, 2.24) is 15.0 Å². The summed E-state index contributed by atoms with van der Waals surface area (Å²) in [4.78, 5) is 16.4. The molecule has 1 amide bonds. The van der Waals surface area contributed by atoms with Crippen LogP contribution in [-0.2, 0) is 10.0 Å². The van der Waals surface area contributed by atoms with E-state index in [-0.39, 0.29) is 16.9 Å². The Morgan fingerprint density at radius 1 is 1.23 bits per heavy atom. The van der Waals surface area contributed by atoms with Crippen molar-refractivity contribution in [3.05, 3.63) is 33.9 Å². The van der Waals surface area contributed by atoms with Gasteiger partial charge in [0.1, 0.15) is 0 Å². The van der Waals surface area contributed by atoms with Crippen molar-refractivity contribution in [3.63, 3.8) is 0 Å². The highest BCUT2D eigenvalue weighted by Crippen LogP contribution is 2.39. The van der Waals surface area contributed by atoms with E-state index in [4.69, 9.17) is 5.11 Å². The van der Waals surface area contributed by atoms with Gasteiger partial charge in [0.05, 0.1) is 14.8 Å². The fourth-order valence-corrected chi connectivity index (χ4v) is 7.01. The molecule has 10 heteroatoms. The van der Waals surface area contributed by atoms with Crippen LogP contribution in [0.4, 0.5) is 4.79 Å². The smallest absolute Gasteiger partial charge is 0.404 e. The predicted octanol–water partition coefficient (Wildman–Crippen LogP) is 4.94. The number of hydrogen-bond acceptors (Lipinski definition) is 5. The summed E-state index contributed by atoms with van der Waals surface area (Å²) in [6.45, 7) is 5.42. The maximum Gasteiger partial charge on any atom is 0.404 e. The van der Waals surface area contributed by atoms with Crippen LogP contribution in [0.5, 0.6) is 0 Å². The molecule has 1 aromatic carbocycles. The largest absolute Gasteiger partial charge is 0.465 e. The standard InChI is InChI=1S/C20H26BrN3O4S2/c1-20(2,3)24-30(27,28)17-10-13(21)6-9-15(17)16-11-22-18(29-16)12-4-7-14(8-5-12)23-19(25)26/h6,9-12,14,23-24H,4-5,7-8H2,1-3H3,(H,25,26). The molecule has 1 heterocycles. The van der Waals surface area contributed by atoms with E-state index in [0.29, 0.717) is 10.0 Å². The summed E-state index contributed by atoms with van der Waals surface area (Å²) in [5, 5.41) is 12.4. The number of carbonyl (C=O) groups is 1. The van der Waals surface area contributed by atoms with Crippen molar-refractivity contribution in [2.24, 2.45) is 0 Å². The summed E-state index contributed by atoms with van der Waals surface area (Å²) in [6.07, 6.45) is 4.02. The quantitative estimate of drug-likeness (QED) is 0.522. The molecule has 7 nitrogen and oxygen atoms in total. The number of hydrogen-bond donors (Lipinski definition) is 3. The lowest BCUT2D eigenvalue weighted by molar-refractivity contribution is 0.185. The highest BCUT2D eigenvalue weighted by atomic mass is 79.9. The van der Waals surface area contributed by atoms with Gasteiger partial charge in [0.2, 0.25) is 10.0 Å². The lowest BCUT2D eigenvalue weighted by atomic mass is 9.86. The predicted molar refractivity (Wildman–Crippen MR) is 121 cm³/mol. The summed E-state index contributed by atoms with van der Waals surface area (Å²) in [7, 11) is -3.72. The molecule has 3 rings (SSSR count). The lowest BCUT2D eigenvalue weighted by Crippen LogP contribution is -2.40. The van der Waals surface area contributed by atoms with E-state index in [1.54, 1.807) is 18.3 Å². The molecule has 1 aromatic heterocycles. The topological polar surface area (TPSA) is 108 Å². The Kier molecular flexibility index (Phi) is 6.91. The minimum atomic E-state index is -3.72. The Balaban J connectivity index is 1.85. The SMILES string of the molecule is CC(C)(C)NS(=O)(=O)c1cc(Br)ccc1-c1cnc(C2CCC(NC(=O)O)CC2)s1. The molecule has 0 spiro atoms. The van der Waals surface area contributed by atoms with E-state index in [2.05, 4.69) is 31.0 Å². The Morgan fingerprint density at radius 2 is 1.90 bits per heavy atom. The molecule has 0 aliphatic heterocycles. The number of thiazole rings is 1. The number of amides is 1. The third kappa shape index (κ3) is 5.81. The molecule has 30 heavy (non-hydrogen) atoms. The van der Waals surface area contributed by atoms with Crippen molar-refractivity contribution in [2.45, 2.75) is 68.8 Å². The highest BCUT2D eigenvalue weighted by molar-refractivity contribution is 9.10. The van der Waals surface area contributed by atoms with Crippen LogP contribution in [0.2, 0.25) is 0 Å². The van der Waals surface area contributed by atoms with Crippen molar-refractivity contribution in [3.8, 4) is 10.4 Å². The second-order valence-corrected chi connectivity index (χ2v) is 12.2. The zero-order valence-corrected chi connectivity index (χ0v) is 20.3. The number of nitrogens with zero attached hydrogens (tertiary/aromatic N) is 1. The van der Waals surface area contributed by atoms with Crippen LogP contribution in [0, 0.1) is 0 Å². The van der Waals surface area contributed by atoms with Crippen LogP contribution in [0.15, 0.2) is 33.8 Å². The van der Waals surface area contributed by atoms with Crippen molar-refractivity contribution in [2.75, 3.05) is 0 Å². The van der Waals surface area contributed by atoms with E-state index in [0.717, 1.165) is 35.6 Å². The maximum absolute atomic E-state index is 13.0. The van der Waals surface area contributed by atoms with Gasteiger partial charge in [-0.05, 0) is 58.6 Å². The van der Waals surface area contributed by atoms with Gasteiger partial charge < -0.3 is 10.4 Å². The number of benzene rings is 1. The molecule has 2 aromatic rings. The zero-order chi connectivity index (χ0) is 22.1. The molecule has 0 radical (unpaired) electrons. The van der Waals surface area contributed by atoms with Gasteiger partial charge in [-0.15, -0.1) is 11.3 Å². The van der Waals surface area contributed by atoms with Crippen molar-refractivity contribution in [1.29, 1.82) is 0 Å². The van der Waals surface area contributed by atoms with E-state index in [1.165, 1.54) is 11.3 Å². The van der Waals surface area contributed by atoms with Gasteiger partial charge in [0, 0.05) is 33.7 Å². The number of nitrogens with one attached hydrogen (secondary N) is 2. The van der Waals surface area contributed by atoms with Crippen LogP contribution < -0.4 is 10.0 Å². The van der Waals surface area contributed by atoms with Crippen LogP contribution in [0.3, 0.4) is 0 Å². The van der Waals surface area contributed by atoms with Gasteiger partial charge in [-0.25, -0.2) is 22.9 Å². The zero-order valence-electron chi connectivity index (χ0n) is 17.1. The summed E-state index contributed by atoms with van der Waals surface area (Å²) < 4.78 is 29.5. The van der Waals surface area contributed by atoms with Gasteiger partial charge in [0.15, 0.2) is 0 Å². The van der Waals surface area contributed by atoms with E-state index in [1.807, 2.05) is 26.8 Å². The van der Waals surface area contributed by atoms with Crippen LogP contribution in [-0.4, -0.2) is 36.2 Å². The molecular formula is C20H26BrN3O4S2. The lowest BCUT2D eigenvalue weighted by Gasteiger charge is -2.27. The van der Waals surface area contributed by atoms with Crippen molar-refractivity contribution < 1.29 is 18.3 Å². The second kappa shape index (κ2) is 8.94. The number of sulfonamides is 1. The highest BCUT2D eigenvalue weighted by Gasteiger charge is 2.28. The van der Waals surface area contributed by atoms with E-state index in [9.17, 15) is 13.2 Å². The fourth-order valence-electron chi connectivity index (χ4n) is 3.64. The minimum Gasteiger partial charge on any atom is -0.465 e. The Bertz CT molecular complexity index is 1020. The molecular weight excluding hydrogens is 490 g/mol. The average molecular weight is 516 g/mol. The normalized spacial score (nSPS) is 20.1. The molecule has 1 fully saturated rings. The van der Waals surface area contributed by atoms with Gasteiger partial charge >= 0.3 is 6.09 Å². The molecule has 0 unspecified atom stereocenters. The van der Waals surface area contributed by atoms with Crippen LogP contribution >= 0.6 is 27.3 Å². The molecule has 0 atom stereocenters. The van der Waals surface area contributed by atoms with Gasteiger partial charge in [-0.1, -0.05) is 22.0 Å². The van der Waals surface area contributed by atoms with Crippen LogP contribution in [0.1, 0.15) is 57.4 Å². The first kappa shape index (κ1) is 23.2. The molecule has 1 aliphatic rings. The van der Waals surface area contributed by atoms with Gasteiger partial charge in [0.25, 0.3) is 0 Å². The third-order valence-electron chi connectivity index (χ3n) is 4.87. The van der Waals surface area contributed by atoms with Crippen molar-refractivity contribution >= 4 is 43.4 Å².